The fourth-order valence-corrected chi connectivity index (χ4v) is 2.86. The van der Waals surface area contributed by atoms with Gasteiger partial charge < -0.3 is 15.4 Å². The van der Waals surface area contributed by atoms with Gasteiger partial charge in [-0.05, 0) is 42.8 Å². The lowest BCUT2D eigenvalue weighted by Gasteiger charge is -2.35. The van der Waals surface area contributed by atoms with Crippen molar-refractivity contribution in [1.82, 2.24) is 0 Å². The molecule has 1 aliphatic rings. The van der Waals surface area contributed by atoms with Crippen LogP contribution < -0.4 is 15.4 Å². The Morgan fingerprint density at radius 3 is 2.95 bits per heavy atom. The molecule has 4 nitrogen and oxygen atoms in total. The first-order valence-electron chi connectivity index (χ1n) is 7.13. The van der Waals surface area contributed by atoms with Crippen molar-refractivity contribution in [3.05, 3.63) is 58.6 Å². The summed E-state index contributed by atoms with van der Waals surface area (Å²) in [7, 11) is 0. The summed E-state index contributed by atoms with van der Waals surface area (Å²) in [4.78, 5) is 13.5. The van der Waals surface area contributed by atoms with E-state index >= 15 is 0 Å². The van der Waals surface area contributed by atoms with E-state index < -0.39 is 5.91 Å². The highest BCUT2D eigenvalue weighted by atomic mass is 35.5. The number of amides is 1. The number of carbonyl (C=O) groups is 1. The number of anilines is 1. The van der Waals surface area contributed by atoms with Gasteiger partial charge in [0, 0.05) is 17.1 Å². The number of primary amides is 1. The maximum atomic E-state index is 11.3. The Balaban J connectivity index is 1.91. The molecule has 1 atom stereocenters. The molecule has 1 heterocycles. The lowest BCUT2D eigenvalue weighted by atomic mass is 10.1. The molecule has 0 saturated heterocycles. The van der Waals surface area contributed by atoms with E-state index in [2.05, 4.69) is 4.90 Å². The molecule has 0 fully saturated rings. The number of nitrogens with zero attached hydrogens (tertiary/aromatic N) is 1. The third-order valence-electron chi connectivity index (χ3n) is 3.65. The Bertz CT molecular complexity index is 718. The van der Waals surface area contributed by atoms with E-state index in [-0.39, 0.29) is 6.10 Å². The molecule has 0 spiro atoms. The molecule has 1 unspecified atom stereocenters. The maximum Gasteiger partial charge on any atom is 0.248 e. The van der Waals surface area contributed by atoms with Gasteiger partial charge in [-0.3, -0.25) is 4.79 Å². The molecule has 1 amide bonds. The molecule has 1 aliphatic heterocycles. The Labute approximate surface area is 134 Å². The van der Waals surface area contributed by atoms with E-state index in [1.54, 1.807) is 6.07 Å². The Morgan fingerprint density at radius 2 is 2.18 bits per heavy atom. The molecule has 22 heavy (non-hydrogen) atoms. The van der Waals surface area contributed by atoms with E-state index in [4.69, 9.17) is 22.1 Å². The van der Waals surface area contributed by atoms with Crippen molar-refractivity contribution < 1.29 is 9.53 Å². The van der Waals surface area contributed by atoms with Crippen LogP contribution in [0.3, 0.4) is 0 Å². The summed E-state index contributed by atoms with van der Waals surface area (Å²) in [5.74, 6) is 0.412. The van der Waals surface area contributed by atoms with Crippen molar-refractivity contribution >= 4 is 23.2 Å². The molecule has 2 aromatic rings. The van der Waals surface area contributed by atoms with Crippen LogP contribution in [0.25, 0.3) is 0 Å². The summed E-state index contributed by atoms with van der Waals surface area (Å²) in [6.07, 6.45) is 0.0907. The van der Waals surface area contributed by atoms with Gasteiger partial charge in [0.05, 0.1) is 12.2 Å². The predicted octanol–water partition coefficient (Wildman–Crippen LogP) is 3.23. The summed E-state index contributed by atoms with van der Waals surface area (Å²) in [6, 6.07) is 13.0. The van der Waals surface area contributed by atoms with Crippen molar-refractivity contribution in [3.63, 3.8) is 0 Å². The minimum Gasteiger partial charge on any atom is -0.487 e. The van der Waals surface area contributed by atoms with Gasteiger partial charge in [0.25, 0.3) is 0 Å². The average Bonchev–Trinajstić information content (AvgIpc) is 2.48. The normalized spacial score (nSPS) is 16.8. The van der Waals surface area contributed by atoms with Gasteiger partial charge in [-0.15, -0.1) is 0 Å². The Morgan fingerprint density at radius 1 is 1.36 bits per heavy atom. The second kappa shape index (κ2) is 5.89. The number of hydrogen-bond acceptors (Lipinski definition) is 3. The number of hydrogen-bond donors (Lipinski definition) is 1. The number of halogens is 1. The molecular formula is C17H17ClN2O2. The van der Waals surface area contributed by atoms with Crippen molar-refractivity contribution in [3.8, 4) is 5.75 Å². The van der Waals surface area contributed by atoms with Crippen molar-refractivity contribution in [2.45, 2.75) is 19.6 Å². The van der Waals surface area contributed by atoms with Crippen molar-refractivity contribution in [1.29, 1.82) is 0 Å². The first-order chi connectivity index (χ1) is 10.5. The van der Waals surface area contributed by atoms with E-state index in [9.17, 15) is 4.79 Å². The molecule has 3 rings (SSSR count). The summed E-state index contributed by atoms with van der Waals surface area (Å²) < 4.78 is 5.84. The molecule has 2 N–H and O–H groups in total. The van der Waals surface area contributed by atoms with Crippen LogP contribution in [0.2, 0.25) is 5.02 Å². The van der Waals surface area contributed by atoms with Gasteiger partial charge in [-0.1, -0.05) is 23.7 Å². The molecule has 0 saturated carbocycles. The van der Waals surface area contributed by atoms with Gasteiger partial charge in [0.15, 0.2) is 0 Å². The highest BCUT2D eigenvalue weighted by molar-refractivity contribution is 6.31. The maximum absolute atomic E-state index is 11.3. The van der Waals surface area contributed by atoms with Gasteiger partial charge in [-0.25, -0.2) is 0 Å². The fraction of sp³-hybridized carbons (Fsp3) is 0.235. The summed E-state index contributed by atoms with van der Waals surface area (Å²) in [5, 5.41) is 0.674. The summed E-state index contributed by atoms with van der Waals surface area (Å²) in [6.45, 7) is 3.46. The molecular weight excluding hydrogens is 300 g/mol. The number of nitrogens with two attached hydrogens (primary N) is 1. The number of ether oxygens (including phenoxy) is 1. The van der Waals surface area contributed by atoms with Crippen LogP contribution in [-0.4, -0.2) is 18.6 Å². The van der Waals surface area contributed by atoms with Gasteiger partial charge in [-0.2, -0.15) is 0 Å². The minimum atomic E-state index is -0.416. The zero-order valence-corrected chi connectivity index (χ0v) is 13.0. The standard InChI is InChI=1S/C17H17ClN2O2/c1-11-9-20(15-8-14(18)5-6-16(15)22-11)10-12-3-2-4-13(7-12)17(19)21/h2-8,11H,9-10H2,1H3,(H2,19,21). The van der Waals surface area contributed by atoms with Crippen LogP contribution in [0.1, 0.15) is 22.8 Å². The van der Waals surface area contributed by atoms with Crippen LogP contribution in [0, 0.1) is 0 Å². The average molecular weight is 317 g/mol. The van der Waals surface area contributed by atoms with Gasteiger partial charge >= 0.3 is 0 Å². The first kappa shape index (κ1) is 14.7. The molecule has 0 aromatic heterocycles. The fourth-order valence-electron chi connectivity index (χ4n) is 2.69. The minimum absolute atomic E-state index is 0.0907. The van der Waals surface area contributed by atoms with Crippen LogP contribution in [0.5, 0.6) is 5.75 Å². The lowest BCUT2D eigenvalue weighted by Crippen LogP contribution is -2.38. The van der Waals surface area contributed by atoms with E-state index in [1.165, 1.54) is 0 Å². The topological polar surface area (TPSA) is 55.6 Å². The monoisotopic (exact) mass is 316 g/mol. The second-order valence-electron chi connectivity index (χ2n) is 5.49. The van der Waals surface area contributed by atoms with Crippen LogP contribution in [0.15, 0.2) is 42.5 Å². The SMILES string of the molecule is CC1CN(Cc2cccc(C(N)=O)c2)c2cc(Cl)ccc2O1. The van der Waals surface area contributed by atoms with Crippen molar-refractivity contribution in [2.24, 2.45) is 5.73 Å². The zero-order valence-electron chi connectivity index (χ0n) is 12.3. The highest BCUT2D eigenvalue weighted by Gasteiger charge is 2.23. The number of benzene rings is 2. The lowest BCUT2D eigenvalue weighted by molar-refractivity contribution is 0.1000. The quantitative estimate of drug-likeness (QED) is 0.946. The smallest absolute Gasteiger partial charge is 0.248 e. The molecule has 0 aliphatic carbocycles. The Hall–Kier alpha value is -2.20. The predicted molar refractivity (Wildman–Crippen MR) is 87.6 cm³/mol. The second-order valence-corrected chi connectivity index (χ2v) is 5.92. The Kier molecular flexibility index (Phi) is 3.94. The molecule has 2 aromatic carbocycles. The highest BCUT2D eigenvalue weighted by Crippen LogP contribution is 2.36. The largest absolute Gasteiger partial charge is 0.487 e. The van der Waals surface area contributed by atoms with Gasteiger partial charge in [0.2, 0.25) is 5.91 Å². The number of carbonyl (C=O) groups excluding carboxylic acids is 1. The van der Waals surface area contributed by atoms with E-state index in [0.29, 0.717) is 17.1 Å². The van der Waals surface area contributed by atoms with Crippen LogP contribution in [-0.2, 0) is 6.54 Å². The van der Waals surface area contributed by atoms with E-state index in [1.807, 2.05) is 43.3 Å². The van der Waals surface area contributed by atoms with Crippen molar-refractivity contribution in [2.75, 3.05) is 11.4 Å². The number of rotatable bonds is 3. The molecule has 5 heteroatoms. The zero-order chi connectivity index (χ0) is 15.7. The summed E-state index contributed by atoms with van der Waals surface area (Å²) in [5.41, 5.74) is 7.85. The number of fused-ring (bicyclic) bond motifs is 1. The van der Waals surface area contributed by atoms with Gasteiger partial charge in [0.1, 0.15) is 11.9 Å². The van der Waals surface area contributed by atoms with E-state index in [0.717, 1.165) is 23.5 Å². The molecule has 0 radical (unpaired) electrons. The summed E-state index contributed by atoms with van der Waals surface area (Å²) >= 11 is 6.10. The molecule has 0 bridgehead atoms. The molecule has 114 valence electrons. The van der Waals surface area contributed by atoms with Crippen LogP contribution in [0.4, 0.5) is 5.69 Å². The third-order valence-corrected chi connectivity index (χ3v) is 3.89. The third kappa shape index (κ3) is 3.02. The first-order valence-corrected chi connectivity index (χ1v) is 7.50. The van der Waals surface area contributed by atoms with Crippen LogP contribution >= 0.6 is 11.6 Å².